The molecule has 1 aliphatic heterocycles. The number of nitrogens with zero attached hydrogens (tertiary/aromatic N) is 4. The standard InChI is InChI=1S/C23H17FN4O2S/c24-17-8-6-15(7-9-17)18-13-31-22-21(18)23(30)27(14-25-22)12-20(29)28-11-10-19(26-28)16-4-2-1-3-5-16/h1-9,13-14H,10-12H2. The molecule has 1 amide bonds. The molecule has 0 bridgehead atoms. The first-order valence-electron chi connectivity index (χ1n) is 9.76. The van der Waals surface area contributed by atoms with E-state index in [1.807, 2.05) is 35.7 Å². The first-order chi connectivity index (χ1) is 15.1. The molecule has 0 saturated carbocycles. The highest BCUT2D eigenvalue weighted by Gasteiger charge is 2.23. The van der Waals surface area contributed by atoms with E-state index in [1.165, 1.54) is 39.4 Å². The second-order valence-electron chi connectivity index (χ2n) is 7.19. The molecule has 0 aliphatic carbocycles. The molecule has 2 aromatic carbocycles. The Morgan fingerprint density at radius 3 is 2.61 bits per heavy atom. The molecule has 8 heteroatoms. The fourth-order valence-corrected chi connectivity index (χ4v) is 4.53. The van der Waals surface area contributed by atoms with E-state index in [0.717, 1.165) is 16.8 Å². The average Bonchev–Trinajstić information content (AvgIpc) is 3.45. The summed E-state index contributed by atoms with van der Waals surface area (Å²) in [7, 11) is 0. The molecule has 0 spiro atoms. The number of hydrogen-bond donors (Lipinski definition) is 0. The van der Waals surface area contributed by atoms with Crippen LogP contribution in [0.15, 0.2) is 76.2 Å². The van der Waals surface area contributed by atoms with Gasteiger partial charge in [-0.3, -0.25) is 14.2 Å². The number of thiophene rings is 1. The van der Waals surface area contributed by atoms with Crippen molar-refractivity contribution in [3.63, 3.8) is 0 Å². The number of benzene rings is 2. The lowest BCUT2D eigenvalue weighted by Crippen LogP contribution is -2.32. The SMILES string of the molecule is O=C(Cn1cnc2scc(-c3ccc(F)cc3)c2c1=O)N1CCC(c2ccccc2)=N1. The zero-order chi connectivity index (χ0) is 21.4. The van der Waals surface area contributed by atoms with Crippen LogP contribution in [0.25, 0.3) is 21.3 Å². The molecule has 154 valence electrons. The van der Waals surface area contributed by atoms with Gasteiger partial charge in [-0.05, 0) is 23.3 Å². The van der Waals surface area contributed by atoms with Crippen LogP contribution in [0, 0.1) is 5.82 Å². The maximum Gasteiger partial charge on any atom is 0.263 e. The van der Waals surface area contributed by atoms with Crippen LogP contribution in [0.1, 0.15) is 12.0 Å². The number of carbonyl (C=O) groups excluding carboxylic acids is 1. The number of rotatable bonds is 4. The van der Waals surface area contributed by atoms with Crippen LogP contribution in [-0.4, -0.2) is 32.7 Å². The van der Waals surface area contributed by atoms with Gasteiger partial charge < -0.3 is 0 Å². The monoisotopic (exact) mass is 432 g/mol. The summed E-state index contributed by atoms with van der Waals surface area (Å²) in [5.74, 6) is -0.613. The molecule has 0 N–H and O–H groups in total. The highest BCUT2D eigenvalue weighted by Crippen LogP contribution is 2.30. The summed E-state index contributed by atoms with van der Waals surface area (Å²) >= 11 is 1.34. The van der Waals surface area contributed by atoms with Crippen molar-refractivity contribution in [2.24, 2.45) is 5.10 Å². The zero-order valence-corrected chi connectivity index (χ0v) is 17.2. The Hall–Kier alpha value is -3.65. The second kappa shape index (κ2) is 7.88. The Bertz CT molecular complexity index is 1360. The van der Waals surface area contributed by atoms with Crippen molar-refractivity contribution in [3.05, 3.63) is 88.0 Å². The summed E-state index contributed by atoms with van der Waals surface area (Å²) in [5.41, 5.74) is 2.95. The molecule has 5 rings (SSSR count). The van der Waals surface area contributed by atoms with Crippen LogP contribution >= 0.6 is 11.3 Å². The van der Waals surface area contributed by atoms with E-state index in [1.54, 1.807) is 12.1 Å². The van der Waals surface area contributed by atoms with Crippen LogP contribution in [-0.2, 0) is 11.3 Å². The number of amides is 1. The predicted octanol–water partition coefficient (Wildman–Crippen LogP) is 3.90. The third-order valence-corrected chi connectivity index (χ3v) is 6.10. The number of carbonyl (C=O) groups is 1. The molecule has 0 atom stereocenters. The van der Waals surface area contributed by atoms with Gasteiger partial charge in [0, 0.05) is 17.4 Å². The van der Waals surface area contributed by atoms with Crippen molar-refractivity contribution >= 4 is 33.2 Å². The molecule has 0 unspecified atom stereocenters. The van der Waals surface area contributed by atoms with Crippen molar-refractivity contribution in [2.75, 3.05) is 6.54 Å². The van der Waals surface area contributed by atoms with Crippen molar-refractivity contribution < 1.29 is 9.18 Å². The van der Waals surface area contributed by atoms with Crippen LogP contribution in [0.4, 0.5) is 4.39 Å². The lowest BCUT2D eigenvalue weighted by atomic mass is 10.1. The second-order valence-corrected chi connectivity index (χ2v) is 8.05. The molecular formula is C23H17FN4O2S. The minimum absolute atomic E-state index is 0.147. The summed E-state index contributed by atoms with van der Waals surface area (Å²) in [6, 6.07) is 15.7. The van der Waals surface area contributed by atoms with E-state index < -0.39 is 0 Å². The normalized spacial score (nSPS) is 13.6. The number of fused-ring (bicyclic) bond motifs is 1. The fourth-order valence-electron chi connectivity index (χ4n) is 3.62. The van der Waals surface area contributed by atoms with Crippen molar-refractivity contribution in [1.82, 2.24) is 14.6 Å². The Morgan fingerprint density at radius 2 is 1.84 bits per heavy atom. The molecule has 31 heavy (non-hydrogen) atoms. The molecule has 4 aromatic rings. The Balaban J connectivity index is 1.43. The summed E-state index contributed by atoms with van der Waals surface area (Å²) < 4.78 is 14.6. The lowest BCUT2D eigenvalue weighted by Gasteiger charge is -2.12. The summed E-state index contributed by atoms with van der Waals surface area (Å²) in [4.78, 5) is 30.9. The number of aromatic nitrogens is 2. The van der Waals surface area contributed by atoms with Gasteiger partial charge in [-0.25, -0.2) is 14.4 Å². The Morgan fingerprint density at radius 1 is 1.06 bits per heavy atom. The minimum Gasteiger partial charge on any atom is -0.289 e. The van der Waals surface area contributed by atoms with Crippen LogP contribution in [0.5, 0.6) is 0 Å². The predicted molar refractivity (Wildman–Crippen MR) is 119 cm³/mol. The molecule has 0 saturated heterocycles. The van der Waals surface area contributed by atoms with Gasteiger partial charge in [0.25, 0.3) is 11.5 Å². The van der Waals surface area contributed by atoms with Crippen LogP contribution < -0.4 is 5.56 Å². The van der Waals surface area contributed by atoms with E-state index in [2.05, 4.69) is 10.1 Å². The molecular weight excluding hydrogens is 415 g/mol. The van der Waals surface area contributed by atoms with E-state index in [4.69, 9.17) is 0 Å². The highest BCUT2D eigenvalue weighted by molar-refractivity contribution is 7.17. The summed E-state index contributed by atoms with van der Waals surface area (Å²) in [6.07, 6.45) is 2.06. The van der Waals surface area contributed by atoms with E-state index >= 15 is 0 Å². The first-order valence-corrected chi connectivity index (χ1v) is 10.6. The molecule has 3 heterocycles. The van der Waals surface area contributed by atoms with Crippen LogP contribution in [0.3, 0.4) is 0 Å². The fraction of sp³-hybridized carbons (Fsp3) is 0.130. The number of hydrazone groups is 1. The van der Waals surface area contributed by atoms with Gasteiger partial charge in [0.15, 0.2) is 0 Å². The third kappa shape index (κ3) is 3.66. The van der Waals surface area contributed by atoms with Gasteiger partial charge >= 0.3 is 0 Å². The zero-order valence-electron chi connectivity index (χ0n) is 16.4. The molecule has 0 fully saturated rings. The van der Waals surface area contributed by atoms with Gasteiger partial charge in [0.05, 0.1) is 24.0 Å². The third-order valence-electron chi connectivity index (χ3n) is 5.22. The highest BCUT2D eigenvalue weighted by atomic mass is 32.1. The van der Waals surface area contributed by atoms with Gasteiger partial charge in [-0.15, -0.1) is 11.3 Å². The quantitative estimate of drug-likeness (QED) is 0.491. The van der Waals surface area contributed by atoms with Gasteiger partial charge in [0.2, 0.25) is 0 Å². The van der Waals surface area contributed by atoms with E-state index in [0.29, 0.717) is 28.7 Å². The molecule has 0 radical (unpaired) electrons. The van der Waals surface area contributed by atoms with Crippen molar-refractivity contribution in [3.8, 4) is 11.1 Å². The minimum atomic E-state index is -0.342. The molecule has 6 nitrogen and oxygen atoms in total. The Kier molecular flexibility index (Phi) is 4.91. The maximum absolute atomic E-state index is 13.3. The first kappa shape index (κ1) is 19.3. The topological polar surface area (TPSA) is 67.6 Å². The van der Waals surface area contributed by atoms with Crippen molar-refractivity contribution in [2.45, 2.75) is 13.0 Å². The van der Waals surface area contributed by atoms with Crippen molar-refractivity contribution in [1.29, 1.82) is 0 Å². The van der Waals surface area contributed by atoms with Crippen LogP contribution in [0.2, 0.25) is 0 Å². The molecule has 1 aliphatic rings. The van der Waals surface area contributed by atoms with Gasteiger partial charge in [-0.1, -0.05) is 42.5 Å². The lowest BCUT2D eigenvalue weighted by molar-refractivity contribution is -0.131. The molecule has 2 aromatic heterocycles. The summed E-state index contributed by atoms with van der Waals surface area (Å²) in [6.45, 7) is 0.332. The largest absolute Gasteiger partial charge is 0.289 e. The van der Waals surface area contributed by atoms with Gasteiger partial charge in [-0.2, -0.15) is 5.10 Å². The number of hydrogen-bond acceptors (Lipinski definition) is 5. The smallest absolute Gasteiger partial charge is 0.263 e. The average molecular weight is 432 g/mol. The maximum atomic E-state index is 13.3. The Labute approximate surface area is 180 Å². The van der Waals surface area contributed by atoms with E-state index in [-0.39, 0.29) is 23.8 Å². The summed E-state index contributed by atoms with van der Waals surface area (Å²) in [5, 5.41) is 8.11. The van der Waals surface area contributed by atoms with Gasteiger partial charge in [0.1, 0.15) is 17.2 Å². The van der Waals surface area contributed by atoms with E-state index in [9.17, 15) is 14.0 Å². The number of halogens is 1.